The van der Waals surface area contributed by atoms with Crippen molar-refractivity contribution in [2.24, 2.45) is 0 Å². The van der Waals surface area contributed by atoms with Crippen LogP contribution < -0.4 is 4.57 Å². The van der Waals surface area contributed by atoms with Crippen LogP contribution in [0.1, 0.15) is 19.3 Å². The molecule has 0 aromatic carbocycles. The Labute approximate surface area is 175 Å². The van der Waals surface area contributed by atoms with Gasteiger partial charge in [-0.2, -0.15) is 13.3 Å². The summed E-state index contributed by atoms with van der Waals surface area (Å²) in [7, 11) is 0. The topological polar surface area (TPSA) is 79.9 Å². The molecule has 1 fully saturated rings. The van der Waals surface area contributed by atoms with E-state index in [2.05, 4.69) is 0 Å². The number of hydrogen-bond donors (Lipinski definition) is 2. The van der Waals surface area contributed by atoms with Crippen LogP contribution in [0.25, 0.3) is 0 Å². The first-order chi connectivity index (χ1) is 13.7. The van der Waals surface area contributed by atoms with Crippen molar-refractivity contribution in [3.05, 3.63) is 53.4 Å². The van der Waals surface area contributed by atoms with Crippen LogP contribution in [0.3, 0.4) is 0 Å². The maximum atomic E-state index is 13.6. The Hall–Kier alpha value is -1.42. The highest BCUT2D eigenvalue weighted by Crippen LogP contribution is 2.49. The minimum Gasteiger partial charge on any atom is -0.393 e. The summed E-state index contributed by atoms with van der Waals surface area (Å²) in [4.78, 5) is 12.1. The zero-order valence-corrected chi connectivity index (χ0v) is 16.7. The Morgan fingerprint density at radius 3 is 2.55 bits per heavy atom. The van der Waals surface area contributed by atoms with Crippen LogP contribution in [-0.4, -0.2) is 46.5 Å². The van der Waals surface area contributed by atoms with E-state index in [9.17, 15) is 23.8 Å². The van der Waals surface area contributed by atoms with Crippen LogP contribution in [0.4, 0.5) is 8.78 Å². The summed E-state index contributed by atoms with van der Waals surface area (Å²) >= 11 is 13.2. The lowest BCUT2D eigenvalue weighted by atomic mass is 9.92. The third kappa shape index (κ3) is 4.23. The van der Waals surface area contributed by atoms with Gasteiger partial charge in [0.05, 0.1) is 12.2 Å². The summed E-state index contributed by atoms with van der Waals surface area (Å²) in [5.74, 6) is -0.716. The molecule has 29 heavy (non-hydrogen) atoms. The number of alkyl halides is 3. The smallest absolute Gasteiger partial charge is 0.362 e. The van der Waals surface area contributed by atoms with E-state index in [1.807, 2.05) is 0 Å². The second kappa shape index (κ2) is 8.75. The van der Waals surface area contributed by atoms with Gasteiger partial charge in [-0.3, -0.25) is 4.79 Å². The second-order valence-corrected chi connectivity index (χ2v) is 7.80. The molecule has 1 heterocycles. The van der Waals surface area contributed by atoms with Gasteiger partial charge in [-0.15, -0.1) is 0 Å². The van der Waals surface area contributed by atoms with Crippen molar-refractivity contribution in [2.75, 3.05) is 6.61 Å². The van der Waals surface area contributed by atoms with E-state index in [1.54, 1.807) is 18.2 Å². The van der Waals surface area contributed by atoms with Gasteiger partial charge in [0.2, 0.25) is 0 Å². The molecule has 1 aromatic heterocycles. The van der Waals surface area contributed by atoms with E-state index in [4.69, 9.17) is 32.7 Å². The summed E-state index contributed by atoms with van der Waals surface area (Å²) in [6, 6.07) is 4.79. The molecule has 0 saturated heterocycles. The van der Waals surface area contributed by atoms with Crippen LogP contribution in [0.5, 0.6) is 0 Å². The van der Waals surface area contributed by atoms with Crippen molar-refractivity contribution < 1.29 is 37.8 Å². The summed E-state index contributed by atoms with van der Waals surface area (Å²) in [6.07, 6.45) is 5.00. The van der Waals surface area contributed by atoms with Crippen molar-refractivity contribution in [1.82, 2.24) is 0 Å². The Kier molecular flexibility index (Phi) is 6.72. The Balaban J connectivity index is 2.18. The zero-order valence-electron chi connectivity index (χ0n) is 15.2. The van der Waals surface area contributed by atoms with Crippen LogP contribution in [0.15, 0.2) is 53.4 Å². The Bertz CT molecular complexity index is 822. The van der Waals surface area contributed by atoms with Crippen LogP contribution >= 0.6 is 23.2 Å². The molecule has 2 aliphatic rings. The molecule has 1 saturated carbocycles. The van der Waals surface area contributed by atoms with E-state index in [0.717, 1.165) is 12.2 Å². The first kappa shape index (κ1) is 22.3. The number of carbonyl (C=O) groups is 1. The van der Waals surface area contributed by atoms with Gasteiger partial charge in [-0.1, -0.05) is 29.3 Å². The average molecular weight is 451 g/mol. The minimum atomic E-state index is -3.29. The number of pyridine rings is 1. The SMILES string of the molecule is O=C(CO)C1=CC(Cl)(O[C@@H]2CC[C@@H](O)C2)C(OC(F)F)([n+]2ccccc2)C(Cl)=C1. The van der Waals surface area contributed by atoms with E-state index in [1.165, 1.54) is 17.0 Å². The molecule has 2 N–H and O–H groups in total. The lowest BCUT2D eigenvalue weighted by Gasteiger charge is -2.42. The number of rotatable bonds is 7. The maximum Gasteiger partial charge on any atom is 0.362 e. The molecular weight excluding hydrogens is 431 g/mol. The van der Waals surface area contributed by atoms with Gasteiger partial charge in [0.1, 0.15) is 11.6 Å². The minimum absolute atomic E-state index is 0.101. The quantitative estimate of drug-likeness (QED) is 0.492. The number of aliphatic hydroxyl groups excluding tert-OH is 2. The fourth-order valence-corrected chi connectivity index (χ4v) is 4.54. The number of ketones is 1. The summed E-state index contributed by atoms with van der Waals surface area (Å²) in [5.41, 5.74) is -2.34. The van der Waals surface area contributed by atoms with Crippen LogP contribution in [-0.2, 0) is 20.0 Å². The van der Waals surface area contributed by atoms with Gasteiger partial charge >= 0.3 is 12.3 Å². The zero-order chi connectivity index (χ0) is 21.2. The molecule has 158 valence electrons. The summed E-state index contributed by atoms with van der Waals surface area (Å²) in [5, 5.41) is 16.5. The number of aromatic nitrogens is 1. The highest BCUT2D eigenvalue weighted by molar-refractivity contribution is 6.34. The number of allylic oxidation sites excluding steroid dienone is 1. The second-order valence-electron chi connectivity index (χ2n) is 6.83. The molecule has 0 aliphatic heterocycles. The number of aliphatic hydroxyl groups is 2. The van der Waals surface area contributed by atoms with Gasteiger partial charge in [0.25, 0.3) is 5.06 Å². The molecule has 4 atom stereocenters. The molecule has 0 radical (unpaired) electrons. The fourth-order valence-electron chi connectivity index (χ4n) is 3.60. The largest absolute Gasteiger partial charge is 0.393 e. The molecule has 10 heteroatoms. The molecule has 0 bridgehead atoms. The Morgan fingerprint density at radius 1 is 1.31 bits per heavy atom. The summed E-state index contributed by atoms with van der Waals surface area (Å²) in [6.45, 7) is -4.12. The molecular formula is C19H20Cl2F2NO5+. The summed E-state index contributed by atoms with van der Waals surface area (Å²) < 4.78 is 39.3. The average Bonchev–Trinajstić information content (AvgIpc) is 3.08. The molecule has 2 aliphatic carbocycles. The highest BCUT2D eigenvalue weighted by Gasteiger charge is 2.67. The van der Waals surface area contributed by atoms with Crippen LogP contribution in [0, 0.1) is 0 Å². The molecule has 3 rings (SSSR count). The highest BCUT2D eigenvalue weighted by atomic mass is 35.5. The Morgan fingerprint density at radius 2 is 2.00 bits per heavy atom. The standard InChI is InChI=1S/C19H20Cl2F2NO5/c20-16-8-12(15(27)11-25)10-18(21,28-14-5-4-13(26)9-14)19(16,29-17(22)23)24-6-2-1-3-7-24/h1-3,6-8,10,13-14,17,25-26H,4-5,9,11H2/q+1/t13-,14-,18?,19?/m1/s1. The van der Waals surface area contributed by atoms with Crippen molar-refractivity contribution in [3.63, 3.8) is 0 Å². The van der Waals surface area contributed by atoms with Crippen molar-refractivity contribution in [2.45, 2.75) is 48.9 Å². The van der Waals surface area contributed by atoms with Crippen molar-refractivity contribution >= 4 is 29.0 Å². The van der Waals surface area contributed by atoms with Crippen molar-refractivity contribution in [3.8, 4) is 0 Å². The first-order valence-corrected chi connectivity index (χ1v) is 9.69. The molecule has 0 spiro atoms. The number of halogens is 4. The number of nitrogens with zero attached hydrogens (tertiary/aromatic N) is 1. The molecule has 2 unspecified atom stereocenters. The third-order valence-electron chi connectivity index (χ3n) is 4.91. The van der Waals surface area contributed by atoms with Gasteiger partial charge < -0.3 is 14.9 Å². The number of hydrogen-bond acceptors (Lipinski definition) is 5. The van der Waals surface area contributed by atoms with Gasteiger partial charge in [0, 0.05) is 17.7 Å². The normalized spacial score (nSPS) is 32.2. The molecule has 1 aromatic rings. The van der Waals surface area contributed by atoms with E-state index < -0.39 is 42.0 Å². The van der Waals surface area contributed by atoms with E-state index in [0.29, 0.717) is 12.8 Å². The van der Waals surface area contributed by atoms with Crippen molar-refractivity contribution in [1.29, 1.82) is 0 Å². The molecule has 6 nitrogen and oxygen atoms in total. The molecule has 0 amide bonds. The lowest BCUT2D eigenvalue weighted by Crippen LogP contribution is -2.70. The van der Waals surface area contributed by atoms with Crippen LogP contribution in [0.2, 0.25) is 0 Å². The predicted octanol–water partition coefficient (Wildman–Crippen LogP) is 2.36. The van der Waals surface area contributed by atoms with E-state index in [-0.39, 0.29) is 17.0 Å². The fraction of sp³-hybridized carbons (Fsp3) is 0.474. The number of Topliss-reactive ketones (excluding diaryl/α,β-unsaturated/α-hetero) is 1. The van der Waals surface area contributed by atoms with Gasteiger partial charge in [-0.25, -0.2) is 4.74 Å². The predicted molar refractivity (Wildman–Crippen MR) is 99.1 cm³/mol. The lowest BCUT2D eigenvalue weighted by molar-refractivity contribution is -0.814. The van der Waals surface area contributed by atoms with Gasteiger partial charge in [-0.05, 0) is 31.4 Å². The number of carbonyl (C=O) groups excluding carboxylic acids is 1. The monoisotopic (exact) mass is 450 g/mol. The first-order valence-electron chi connectivity index (χ1n) is 8.94. The third-order valence-corrected chi connectivity index (χ3v) is 5.73. The van der Waals surface area contributed by atoms with Gasteiger partial charge in [0.15, 0.2) is 18.2 Å². The maximum absolute atomic E-state index is 13.6. The number of ether oxygens (including phenoxy) is 2. The van der Waals surface area contributed by atoms with E-state index >= 15 is 0 Å².